The molecule has 0 aliphatic heterocycles. The van der Waals surface area contributed by atoms with Crippen LogP contribution in [0.4, 0.5) is 0 Å². The Hall–Kier alpha value is -1.10. The molecule has 0 heterocycles. The molecule has 112 valence electrons. The molecule has 0 saturated heterocycles. The van der Waals surface area contributed by atoms with Crippen molar-refractivity contribution in [3.63, 3.8) is 0 Å². The maximum absolute atomic E-state index is 9.93. The Balaban J connectivity index is 1.87. The minimum atomic E-state index is -0.528. The van der Waals surface area contributed by atoms with E-state index in [1.165, 1.54) is 0 Å². The Morgan fingerprint density at radius 2 is 2.20 bits per heavy atom. The minimum absolute atomic E-state index is 0.171. The van der Waals surface area contributed by atoms with Gasteiger partial charge in [0.05, 0.1) is 18.8 Å². The predicted octanol–water partition coefficient (Wildman–Crippen LogP) is 2.00. The second kappa shape index (κ2) is 7.62. The molecule has 1 aliphatic rings. The number of rotatable bonds is 6. The van der Waals surface area contributed by atoms with Crippen molar-refractivity contribution in [3.05, 3.63) is 29.8 Å². The van der Waals surface area contributed by atoms with E-state index in [1.807, 2.05) is 24.3 Å². The van der Waals surface area contributed by atoms with E-state index < -0.39 is 6.10 Å². The van der Waals surface area contributed by atoms with Gasteiger partial charge in [0.1, 0.15) is 5.75 Å². The van der Waals surface area contributed by atoms with Crippen molar-refractivity contribution in [2.45, 2.75) is 44.3 Å². The summed E-state index contributed by atoms with van der Waals surface area (Å²) in [6, 6.07) is 7.55. The van der Waals surface area contributed by atoms with Gasteiger partial charge in [-0.05, 0) is 55.8 Å². The summed E-state index contributed by atoms with van der Waals surface area (Å²) in [6.07, 6.45) is 3.79. The minimum Gasteiger partial charge on any atom is -0.493 e. The van der Waals surface area contributed by atoms with Gasteiger partial charge in [0.2, 0.25) is 0 Å². The first-order valence-corrected chi connectivity index (χ1v) is 7.48. The number of benzene rings is 1. The van der Waals surface area contributed by atoms with Crippen LogP contribution in [0.1, 0.15) is 43.8 Å². The zero-order valence-corrected chi connectivity index (χ0v) is 11.9. The number of nitrogens with two attached hydrogens (primary N) is 1. The summed E-state index contributed by atoms with van der Waals surface area (Å²) in [5.74, 6) is 1.20. The van der Waals surface area contributed by atoms with E-state index in [1.54, 1.807) is 0 Å². The lowest BCUT2D eigenvalue weighted by molar-refractivity contribution is 0.0809. The summed E-state index contributed by atoms with van der Waals surface area (Å²) in [4.78, 5) is 0. The molecular weight excluding hydrogens is 254 g/mol. The van der Waals surface area contributed by atoms with Gasteiger partial charge < -0.3 is 20.7 Å². The Labute approximate surface area is 120 Å². The molecule has 2 rings (SSSR count). The zero-order valence-electron chi connectivity index (χ0n) is 11.9. The van der Waals surface area contributed by atoms with Crippen LogP contribution in [-0.4, -0.2) is 29.5 Å². The fourth-order valence-corrected chi connectivity index (χ4v) is 2.76. The van der Waals surface area contributed by atoms with Gasteiger partial charge in [0.25, 0.3) is 0 Å². The van der Waals surface area contributed by atoms with Gasteiger partial charge in [-0.25, -0.2) is 0 Å². The van der Waals surface area contributed by atoms with Crippen LogP contribution in [0.3, 0.4) is 0 Å². The first kappa shape index (κ1) is 15.3. The van der Waals surface area contributed by atoms with Crippen LogP contribution in [0.5, 0.6) is 5.75 Å². The molecule has 20 heavy (non-hydrogen) atoms. The summed E-state index contributed by atoms with van der Waals surface area (Å²) in [5.41, 5.74) is 6.30. The van der Waals surface area contributed by atoms with Crippen LogP contribution in [0, 0.1) is 5.92 Å². The summed E-state index contributed by atoms with van der Waals surface area (Å²) >= 11 is 0. The van der Waals surface area contributed by atoms with Crippen molar-refractivity contribution >= 4 is 0 Å². The Bertz CT molecular complexity index is 410. The van der Waals surface area contributed by atoms with Gasteiger partial charge in [-0.1, -0.05) is 18.6 Å². The predicted molar refractivity (Wildman–Crippen MR) is 78.5 cm³/mol. The van der Waals surface area contributed by atoms with Crippen LogP contribution >= 0.6 is 0 Å². The van der Waals surface area contributed by atoms with Crippen LogP contribution in [0.25, 0.3) is 0 Å². The second-order valence-corrected chi connectivity index (χ2v) is 5.66. The van der Waals surface area contributed by atoms with Crippen molar-refractivity contribution in [3.8, 4) is 5.75 Å². The molecule has 0 aromatic heterocycles. The maximum Gasteiger partial charge on any atom is 0.119 e. The standard InChI is InChI=1S/C16H25NO3/c17-8-7-16(19)13-4-2-6-15(10-13)20-11-12-3-1-5-14(18)9-12/h2,4,6,10,12,14,16,18-19H,1,3,5,7-9,11,17H2/t12-,14+,16+/m0/s1. The van der Waals surface area contributed by atoms with Gasteiger partial charge in [-0.15, -0.1) is 0 Å². The second-order valence-electron chi connectivity index (χ2n) is 5.66. The highest BCUT2D eigenvalue weighted by Gasteiger charge is 2.20. The van der Waals surface area contributed by atoms with Crippen LogP contribution < -0.4 is 10.5 Å². The van der Waals surface area contributed by atoms with Crippen molar-refractivity contribution in [2.24, 2.45) is 11.7 Å². The fourth-order valence-electron chi connectivity index (χ4n) is 2.76. The van der Waals surface area contributed by atoms with Crippen molar-refractivity contribution in [1.29, 1.82) is 0 Å². The summed E-state index contributed by atoms with van der Waals surface area (Å²) in [6.45, 7) is 1.10. The van der Waals surface area contributed by atoms with Gasteiger partial charge in [0, 0.05) is 0 Å². The first-order chi connectivity index (χ1) is 9.69. The Kier molecular flexibility index (Phi) is 5.83. The van der Waals surface area contributed by atoms with E-state index in [0.717, 1.165) is 37.0 Å². The molecule has 1 fully saturated rings. The van der Waals surface area contributed by atoms with E-state index in [4.69, 9.17) is 10.5 Å². The van der Waals surface area contributed by atoms with Gasteiger partial charge in [-0.2, -0.15) is 0 Å². The maximum atomic E-state index is 9.93. The van der Waals surface area contributed by atoms with Gasteiger partial charge in [0.15, 0.2) is 0 Å². The van der Waals surface area contributed by atoms with Gasteiger partial charge >= 0.3 is 0 Å². The number of hydrogen-bond donors (Lipinski definition) is 3. The first-order valence-electron chi connectivity index (χ1n) is 7.48. The summed E-state index contributed by atoms with van der Waals surface area (Å²) in [5, 5.41) is 19.6. The average molecular weight is 279 g/mol. The zero-order chi connectivity index (χ0) is 14.4. The largest absolute Gasteiger partial charge is 0.493 e. The van der Waals surface area contributed by atoms with E-state index in [9.17, 15) is 10.2 Å². The lowest BCUT2D eigenvalue weighted by atomic mass is 9.88. The molecule has 0 spiro atoms. The molecule has 1 aromatic rings. The van der Waals surface area contributed by atoms with Crippen LogP contribution in [0.2, 0.25) is 0 Å². The van der Waals surface area contributed by atoms with Crippen molar-refractivity contribution in [2.75, 3.05) is 13.2 Å². The normalized spacial score (nSPS) is 24.4. The number of aliphatic hydroxyl groups is 2. The van der Waals surface area contributed by atoms with Crippen LogP contribution in [-0.2, 0) is 0 Å². The SMILES string of the molecule is NCC[C@@H](O)c1cccc(OC[C@H]2CCC[C@@H](O)C2)c1. The van der Waals surface area contributed by atoms with E-state index in [0.29, 0.717) is 25.5 Å². The van der Waals surface area contributed by atoms with Crippen molar-refractivity contribution in [1.82, 2.24) is 0 Å². The summed E-state index contributed by atoms with van der Waals surface area (Å²) in [7, 11) is 0. The van der Waals surface area contributed by atoms with Gasteiger partial charge in [-0.3, -0.25) is 0 Å². The van der Waals surface area contributed by atoms with E-state index >= 15 is 0 Å². The Morgan fingerprint density at radius 1 is 1.35 bits per heavy atom. The average Bonchev–Trinajstić information content (AvgIpc) is 2.46. The lowest BCUT2D eigenvalue weighted by Gasteiger charge is -2.25. The highest BCUT2D eigenvalue weighted by Crippen LogP contribution is 2.26. The molecule has 3 atom stereocenters. The quantitative estimate of drug-likeness (QED) is 0.744. The number of aliphatic hydroxyl groups excluding tert-OH is 2. The molecule has 4 nitrogen and oxygen atoms in total. The fraction of sp³-hybridized carbons (Fsp3) is 0.625. The Morgan fingerprint density at radius 3 is 2.95 bits per heavy atom. The molecule has 0 unspecified atom stereocenters. The molecular formula is C16H25NO3. The third-order valence-electron chi connectivity index (χ3n) is 3.92. The molecule has 4 N–H and O–H groups in total. The monoisotopic (exact) mass is 279 g/mol. The third kappa shape index (κ3) is 4.47. The van der Waals surface area contributed by atoms with E-state index in [2.05, 4.69) is 0 Å². The number of ether oxygens (including phenoxy) is 1. The molecule has 0 radical (unpaired) electrons. The molecule has 1 aliphatic carbocycles. The molecule has 1 aromatic carbocycles. The third-order valence-corrected chi connectivity index (χ3v) is 3.92. The highest BCUT2D eigenvalue weighted by molar-refractivity contribution is 5.29. The molecule has 0 amide bonds. The topological polar surface area (TPSA) is 75.7 Å². The van der Waals surface area contributed by atoms with Crippen LogP contribution in [0.15, 0.2) is 24.3 Å². The van der Waals surface area contributed by atoms with E-state index in [-0.39, 0.29) is 6.10 Å². The lowest BCUT2D eigenvalue weighted by Crippen LogP contribution is -2.24. The highest BCUT2D eigenvalue weighted by atomic mass is 16.5. The molecule has 1 saturated carbocycles. The number of hydrogen-bond acceptors (Lipinski definition) is 4. The van der Waals surface area contributed by atoms with Crippen molar-refractivity contribution < 1.29 is 14.9 Å². The molecule has 0 bridgehead atoms. The smallest absolute Gasteiger partial charge is 0.119 e. The summed E-state index contributed by atoms with van der Waals surface area (Å²) < 4.78 is 5.81. The molecule has 4 heteroatoms.